The minimum atomic E-state index is 0.520. The van der Waals surface area contributed by atoms with Gasteiger partial charge in [-0.2, -0.15) is 0 Å². The summed E-state index contributed by atoms with van der Waals surface area (Å²) in [5.41, 5.74) is 19.1. The second-order valence-electron chi connectivity index (χ2n) is 16.5. The fourth-order valence-corrected chi connectivity index (χ4v) is 9.33. The maximum Gasteiger partial charge on any atom is 0.0716 e. The van der Waals surface area contributed by atoms with Crippen LogP contribution in [0.25, 0.3) is 79.4 Å². The number of aliphatic imine (C=N–C) groups is 2. The molecule has 0 saturated carbocycles. The molecular weight excluding hydrogens is 789 g/mol. The number of nitrogens with zero attached hydrogens (tertiary/aromatic N) is 4. The fraction of sp³-hybridized carbons (Fsp3) is 0.0820. The van der Waals surface area contributed by atoms with Crippen molar-refractivity contribution in [2.75, 3.05) is 0 Å². The molecule has 1 aliphatic carbocycles. The molecule has 2 aromatic heterocycles. The van der Waals surface area contributed by atoms with E-state index >= 15 is 0 Å². The van der Waals surface area contributed by atoms with E-state index in [0.717, 1.165) is 75.6 Å². The third-order valence-electron chi connectivity index (χ3n) is 12.4. The van der Waals surface area contributed by atoms with E-state index in [1.54, 1.807) is 0 Å². The van der Waals surface area contributed by atoms with Gasteiger partial charge in [0.05, 0.1) is 34.7 Å². The van der Waals surface area contributed by atoms with Gasteiger partial charge >= 0.3 is 0 Å². The van der Waals surface area contributed by atoms with Crippen LogP contribution in [-0.4, -0.2) is 21.6 Å². The molecule has 65 heavy (non-hydrogen) atoms. The lowest BCUT2D eigenvalue weighted by molar-refractivity contribution is 0.889. The van der Waals surface area contributed by atoms with Crippen molar-refractivity contribution in [3.63, 3.8) is 0 Å². The molecule has 0 saturated heterocycles. The molecule has 0 fully saturated rings. The van der Waals surface area contributed by atoms with Crippen LogP contribution in [0.3, 0.4) is 0 Å². The number of hydrogen-bond donors (Lipinski definition) is 0. The van der Waals surface area contributed by atoms with Crippen LogP contribution in [0.15, 0.2) is 211 Å². The molecule has 314 valence electrons. The van der Waals surface area contributed by atoms with Gasteiger partial charge in [-0.15, -0.1) is 0 Å². The summed E-state index contributed by atoms with van der Waals surface area (Å²) in [5.74, 6) is 0. The Morgan fingerprint density at radius 2 is 1.29 bits per heavy atom. The van der Waals surface area contributed by atoms with Crippen molar-refractivity contribution in [2.24, 2.45) is 9.98 Å². The predicted octanol–water partition coefficient (Wildman–Crippen LogP) is 15.7. The van der Waals surface area contributed by atoms with Crippen LogP contribution < -0.4 is 0 Å². The highest BCUT2D eigenvalue weighted by Crippen LogP contribution is 2.39. The van der Waals surface area contributed by atoms with Gasteiger partial charge in [0.15, 0.2) is 0 Å². The van der Waals surface area contributed by atoms with Gasteiger partial charge in [0, 0.05) is 44.5 Å². The quantitative estimate of drug-likeness (QED) is 0.104. The minimum Gasteiger partial charge on any atom is -0.313 e. The van der Waals surface area contributed by atoms with Crippen LogP contribution in [-0.2, 0) is 13.0 Å². The summed E-state index contributed by atoms with van der Waals surface area (Å²) in [6.45, 7) is 10.8. The van der Waals surface area contributed by atoms with E-state index in [0.29, 0.717) is 6.54 Å². The maximum absolute atomic E-state index is 5.18. The first-order valence-electron chi connectivity index (χ1n) is 22.5. The number of allylic oxidation sites excluding steroid dienone is 3. The molecule has 0 radical (unpaired) electrons. The average molecular weight is 839 g/mol. The van der Waals surface area contributed by atoms with Crippen LogP contribution in [0.2, 0.25) is 0 Å². The molecule has 1 aliphatic rings. The molecule has 0 unspecified atom stereocenters. The summed E-state index contributed by atoms with van der Waals surface area (Å²) in [4.78, 5) is 9.56. The zero-order valence-corrected chi connectivity index (χ0v) is 36.7. The van der Waals surface area contributed by atoms with E-state index in [1.807, 2.05) is 48.6 Å². The lowest BCUT2D eigenvalue weighted by Gasteiger charge is -2.15. The highest BCUT2D eigenvalue weighted by Gasteiger charge is 2.21. The molecule has 9 aromatic rings. The molecule has 0 bridgehead atoms. The Morgan fingerprint density at radius 3 is 2.02 bits per heavy atom. The first kappa shape index (κ1) is 41.0. The number of aromatic nitrogens is 2. The summed E-state index contributed by atoms with van der Waals surface area (Å²) in [6, 6.07) is 62.8. The van der Waals surface area contributed by atoms with Crippen molar-refractivity contribution in [2.45, 2.75) is 32.7 Å². The van der Waals surface area contributed by atoms with Crippen LogP contribution in [0.5, 0.6) is 0 Å². The Hall–Kier alpha value is -8.08. The van der Waals surface area contributed by atoms with Crippen LogP contribution in [0.4, 0.5) is 0 Å². The number of hydrogen-bond acceptors (Lipinski definition) is 2. The molecule has 0 N–H and O–H groups in total. The third kappa shape index (κ3) is 8.07. The molecule has 0 amide bonds. The van der Waals surface area contributed by atoms with E-state index in [-0.39, 0.29) is 0 Å². The number of rotatable bonds is 13. The average Bonchev–Trinajstić information content (AvgIpc) is 3.88. The second kappa shape index (κ2) is 18.3. The van der Waals surface area contributed by atoms with Gasteiger partial charge in [-0.1, -0.05) is 171 Å². The Bertz CT molecular complexity index is 3350. The predicted molar refractivity (Wildman–Crippen MR) is 278 cm³/mol. The van der Waals surface area contributed by atoms with Gasteiger partial charge in [-0.3, -0.25) is 9.98 Å². The van der Waals surface area contributed by atoms with E-state index in [9.17, 15) is 0 Å². The van der Waals surface area contributed by atoms with Gasteiger partial charge in [0.25, 0.3) is 0 Å². The largest absolute Gasteiger partial charge is 0.313 e. The zero-order valence-electron chi connectivity index (χ0n) is 36.7. The lowest BCUT2D eigenvalue weighted by atomic mass is 9.99. The summed E-state index contributed by atoms with van der Waals surface area (Å²) < 4.78 is 4.84. The van der Waals surface area contributed by atoms with Gasteiger partial charge in [0.2, 0.25) is 0 Å². The van der Waals surface area contributed by atoms with E-state index in [4.69, 9.17) is 4.99 Å². The molecule has 4 nitrogen and oxygen atoms in total. The number of benzene rings is 7. The van der Waals surface area contributed by atoms with Gasteiger partial charge in [-0.25, -0.2) is 0 Å². The van der Waals surface area contributed by atoms with Crippen molar-refractivity contribution in [1.82, 2.24) is 9.13 Å². The Morgan fingerprint density at radius 1 is 0.631 bits per heavy atom. The van der Waals surface area contributed by atoms with Gasteiger partial charge < -0.3 is 9.13 Å². The third-order valence-corrected chi connectivity index (χ3v) is 12.4. The Kier molecular flexibility index (Phi) is 11.6. The molecule has 0 spiro atoms. The lowest BCUT2D eigenvalue weighted by Crippen LogP contribution is -2.03. The van der Waals surface area contributed by atoms with Crippen LogP contribution in [0.1, 0.15) is 59.0 Å². The normalized spacial score (nSPS) is 12.9. The second-order valence-corrected chi connectivity index (χ2v) is 16.5. The Labute approximate surface area is 381 Å². The number of fused-ring (bicyclic) bond motifs is 4. The van der Waals surface area contributed by atoms with Crippen molar-refractivity contribution in [1.29, 1.82) is 0 Å². The van der Waals surface area contributed by atoms with Crippen molar-refractivity contribution in [3.8, 4) is 33.6 Å². The molecule has 0 atom stereocenters. The SMILES string of the molecule is C=Cc1c(/C=C\CC)c2ccccc2n1-c1cccc(-c2ccc3c4c(n(-c5cccc(-c6cccc(C/N=C(\C=C(/N=C)c7ccccc7)c7ccccc7)c6)c5)c3c2)CCC=C4)c1. The zero-order chi connectivity index (χ0) is 44.1. The molecule has 4 heteroatoms. The molecule has 10 rings (SSSR count). The smallest absolute Gasteiger partial charge is 0.0716 e. The summed E-state index contributed by atoms with van der Waals surface area (Å²) >= 11 is 0. The first-order chi connectivity index (χ1) is 32.1. The van der Waals surface area contributed by atoms with E-state index in [1.165, 1.54) is 49.8 Å². The first-order valence-corrected chi connectivity index (χ1v) is 22.5. The molecule has 0 aliphatic heterocycles. The van der Waals surface area contributed by atoms with Crippen molar-refractivity contribution >= 4 is 58.2 Å². The van der Waals surface area contributed by atoms with E-state index in [2.05, 4.69) is 198 Å². The van der Waals surface area contributed by atoms with Gasteiger partial charge in [-0.05, 0) is 114 Å². The monoisotopic (exact) mass is 838 g/mol. The van der Waals surface area contributed by atoms with Gasteiger partial charge in [0.1, 0.15) is 0 Å². The summed E-state index contributed by atoms with van der Waals surface area (Å²) in [6.07, 6.45) is 16.1. The van der Waals surface area contributed by atoms with Crippen molar-refractivity contribution < 1.29 is 0 Å². The van der Waals surface area contributed by atoms with E-state index < -0.39 is 0 Å². The molecule has 2 heterocycles. The fourth-order valence-electron chi connectivity index (χ4n) is 9.33. The maximum atomic E-state index is 5.18. The van der Waals surface area contributed by atoms with Crippen LogP contribution >= 0.6 is 0 Å². The topological polar surface area (TPSA) is 34.6 Å². The van der Waals surface area contributed by atoms with Crippen LogP contribution in [0, 0.1) is 0 Å². The Balaban J connectivity index is 1.02. The number of para-hydroxylation sites is 1. The minimum absolute atomic E-state index is 0.520. The highest BCUT2D eigenvalue weighted by molar-refractivity contribution is 6.12. The summed E-state index contributed by atoms with van der Waals surface area (Å²) in [5, 5.41) is 2.49. The highest BCUT2D eigenvalue weighted by atomic mass is 15.0. The summed E-state index contributed by atoms with van der Waals surface area (Å²) in [7, 11) is 0. The standard InChI is InChI=1S/C61H50N4/c1-4-6-30-52-53-31-13-15-33-59(53)64(58(52)5-2)50-28-19-27-48(39-50)49-35-36-55-54-32-14-16-34-60(54)65(61(55)40-49)51-29-18-26-47(38-51)46-25-17-20-43(37-46)42-63-57(45-23-11-8-12-24-45)41-56(62-3)44-21-9-7-10-22-44/h5-15,17-33,35-41H,2-4,16,34,42H2,1H3/b30-6-,56-41-,63-57+. The molecular formula is C61H50N4. The van der Waals surface area contributed by atoms with Crippen molar-refractivity contribution in [3.05, 3.63) is 240 Å². The molecule has 7 aromatic carbocycles.